The van der Waals surface area contributed by atoms with Crippen molar-refractivity contribution in [1.82, 2.24) is 9.88 Å². The Labute approximate surface area is 172 Å². The minimum Gasteiger partial charge on any atom is -0.490 e. The van der Waals surface area contributed by atoms with Gasteiger partial charge in [-0.05, 0) is 80.6 Å². The van der Waals surface area contributed by atoms with Crippen LogP contribution in [0.3, 0.4) is 0 Å². The summed E-state index contributed by atoms with van der Waals surface area (Å²) in [5, 5.41) is 0.124. The molecule has 0 aliphatic carbocycles. The third-order valence-electron chi connectivity index (χ3n) is 6.18. The van der Waals surface area contributed by atoms with Gasteiger partial charge in [0, 0.05) is 41.3 Å². The summed E-state index contributed by atoms with van der Waals surface area (Å²) in [4.78, 5) is 9.37. The molecule has 2 atom stereocenters. The van der Waals surface area contributed by atoms with Crippen molar-refractivity contribution in [3.63, 3.8) is 0 Å². The van der Waals surface area contributed by atoms with Crippen molar-refractivity contribution in [2.75, 3.05) is 38.2 Å². The van der Waals surface area contributed by atoms with Gasteiger partial charge in [-0.2, -0.15) is 0 Å². The highest BCUT2D eigenvalue weighted by molar-refractivity contribution is 6.15. The maximum Gasteiger partial charge on any atom is 0.143 e. The third-order valence-corrected chi connectivity index (χ3v) is 6.76. The maximum absolute atomic E-state index is 5.91. The molecule has 0 spiro atoms. The molecular weight excluding hydrogens is 362 g/mol. The molecular formula is C23H30N3OSi. The third kappa shape index (κ3) is 3.96. The number of pyridine rings is 1. The summed E-state index contributed by atoms with van der Waals surface area (Å²) in [5.41, 5.74) is 6.11. The van der Waals surface area contributed by atoms with Crippen molar-refractivity contribution in [2.45, 2.75) is 44.7 Å². The second-order valence-corrected chi connectivity index (χ2v) is 9.67. The van der Waals surface area contributed by atoms with Gasteiger partial charge in [-0.1, -0.05) is 6.07 Å². The fourth-order valence-corrected chi connectivity index (χ4v) is 5.16. The number of likely N-dealkylation sites (N-methyl/N-ethyl adjacent to an activating group) is 1. The van der Waals surface area contributed by atoms with E-state index in [0.717, 1.165) is 56.2 Å². The van der Waals surface area contributed by atoms with Crippen molar-refractivity contribution < 1.29 is 4.74 Å². The Morgan fingerprint density at radius 3 is 2.68 bits per heavy atom. The molecule has 1 aromatic carbocycles. The van der Waals surface area contributed by atoms with E-state index in [0.29, 0.717) is 6.04 Å². The summed E-state index contributed by atoms with van der Waals surface area (Å²) in [6.07, 6.45) is 2.19. The maximum atomic E-state index is 5.91. The predicted molar refractivity (Wildman–Crippen MR) is 116 cm³/mol. The lowest BCUT2D eigenvalue weighted by Crippen LogP contribution is -2.30. The zero-order valence-corrected chi connectivity index (χ0v) is 18.5. The Kier molecular flexibility index (Phi) is 5.23. The lowest BCUT2D eigenvalue weighted by atomic mass is 9.96. The highest BCUT2D eigenvalue weighted by Crippen LogP contribution is 2.42. The largest absolute Gasteiger partial charge is 0.490 e. The highest BCUT2D eigenvalue weighted by Gasteiger charge is 2.36. The average Bonchev–Trinajstić information content (AvgIpc) is 3.02. The SMILES string of the molecule is Cc1cc(C[C@@]2([Si])CCN(C(C)c3ccc4c(c3)OCCN4C)C2)cc(C)n1. The Bertz CT molecular complexity index is 851. The van der Waals surface area contributed by atoms with Crippen LogP contribution in [0.25, 0.3) is 0 Å². The molecule has 0 saturated carbocycles. The van der Waals surface area contributed by atoms with E-state index < -0.39 is 0 Å². The Balaban J connectivity index is 1.47. The van der Waals surface area contributed by atoms with E-state index in [-0.39, 0.29) is 5.04 Å². The molecule has 4 nitrogen and oxygen atoms in total. The van der Waals surface area contributed by atoms with Crippen molar-refractivity contribution >= 4 is 15.9 Å². The number of benzene rings is 1. The van der Waals surface area contributed by atoms with Crippen LogP contribution >= 0.6 is 0 Å². The number of hydrogen-bond acceptors (Lipinski definition) is 4. The van der Waals surface area contributed by atoms with Gasteiger partial charge in [0.25, 0.3) is 0 Å². The van der Waals surface area contributed by atoms with Crippen LogP contribution in [0.1, 0.15) is 41.9 Å². The van der Waals surface area contributed by atoms with Crippen LogP contribution in [-0.4, -0.2) is 53.4 Å². The molecule has 2 aliphatic heterocycles. The first-order valence-electron chi connectivity index (χ1n) is 10.2. The first-order valence-corrected chi connectivity index (χ1v) is 10.7. The molecule has 1 fully saturated rings. The van der Waals surface area contributed by atoms with E-state index in [2.05, 4.69) is 83.2 Å². The van der Waals surface area contributed by atoms with Crippen LogP contribution in [0.4, 0.5) is 5.69 Å². The minimum absolute atomic E-state index is 0.124. The zero-order valence-electron chi connectivity index (χ0n) is 17.5. The summed E-state index contributed by atoms with van der Waals surface area (Å²) in [6, 6.07) is 11.5. The molecule has 4 rings (SSSR count). The normalized spacial score (nSPS) is 23.4. The summed E-state index contributed by atoms with van der Waals surface area (Å²) < 4.78 is 5.91. The fourth-order valence-electron chi connectivity index (χ4n) is 4.64. The number of fused-ring (bicyclic) bond motifs is 1. The average molecular weight is 393 g/mol. The Morgan fingerprint density at radius 2 is 1.93 bits per heavy atom. The summed E-state index contributed by atoms with van der Waals surface area (Å²) in [7, 11) is 6.28. The number of nitrogens with zero attached hydrogens (tertiary/aromatic N) is 3. The van der Waals surface area contributed by atoms with E-state index >= 15 is 0 Å². The molecule has 3 heterocycles. The Hall–Kier alpha value is -1.85. The topological polar surface area (TPSA) is 28.6 Å². The van der Waals surface area contributed by atoms with Gasteiger partial charge in [0.1, 0.15) is 12.4 Å². The number of likely N-dealkylation sites (tertiary alicyclic amines) is 1. The second-order valence-electron chi connectivity index (χ2n) is 8.61. The molecule has 2 aromatic rings. The van der Waals surface area contributed by atoms with Gasteiger partial charge in [0.15, 0.2) is 0 Å². The molecule has 0 bridgehead atoms. The zero-order chi connectivity index (χ0) is 19.9. The number of ether oxygens (including phenoxy) is 1. The minimum atomic E-state index is 0.124. The quantitative estimate of drug-likeness (QED) is 0.739. The first kappa shape index (κ1) is 19.5. The molecule has 5 heteroatoms. The van der Waals surface area contributed by atoms with Crippen molar-refractivity contribution in [1.29, 1.82) is 0 Å². The standard InChI is InChI=1S/C23H30N3OSi/c1-16-11-19(12-17(2)24-16)14-23(28)7-8-26(15-23)18(3)20-5-6-21-22(13-20)27-10-9-25(21)4/h5-6,11-13,18H,7-10,14-15H2,1-4H3/t18?,23-/m0/s1. The van der Waals surface area contributed by atoms with E-state index in [1.54, 1.807) is 0 Å². The number of rotatable bonds is 4. The smallest absolute Gasteiger partial charge is 0.143 e. The van der Waals surface area contributed by atoms with Gasteiger partial charge in [0.05, 0.1) is 12.2 Å². The fraction of sp³-hybridized carbons (Fsp3) is 0.522. The monoisotopic (exact) mass is 392 g/mol. The highest BCUT2D eigenvalue weighted by atomic mass is 28.1. The van der Waals surface area contributed by atoms with Crippen LogP contribution in [0.5, 0.6) is 5.75 Å². The molecule has 28 heavy (non-hydrogen) atoms. The van der Waals surface area contributed by atoms with Crippen LogP contribution < -0.4 is 9.64 Å². The van der Waals surface area contributed by atoms with Gasteiger partial charge in [-0.15, -0.1) is 0 Å². The van der Waals surface area contributed by atoms with E-state index in [4.69, 9.17) is 4.74 Å². The second kappa shape index (κ2) is 7.52. The summed E-state index contributed by atoms with van der Waals surface area (Å²) in [6.45, 7) is 10.3. The van der Waals surface area contributed by atoms with E-state index in [1.807, 2.05) is 0 Å². The van der Waals surface area contributed by atoms with Crippen molar-refractivity contribution in [2.24, 2.45) is 0 Å². The van der Waals surface area contributed by atoms with Gasteiger partial charge >= 0.3 is 0 Å². The molecule has 1 unspecified atom stereocenters. The molecule has 1 saturated heterocycles. The van der Waals surface area contributed by atoms with Crippen molar-refractivity contribution in [3.8, 4) is 5.75 Å². The molecule has 0 N–H and O–H groups in total. The first-order chi connectivity index (χ1) is 13.3. The Morgan fingerprint density at radius 1 is 1.18 bits per heavy atom. The van der Waals surface area contributed by atoms with Gasteiger partial charge in [0.2, 0.25) is 0 Å². The number of anilines is 1. The summed E-state index contributed by atoms with van der Waals surface area (Å²) in [5.74, 6) is 1.02. The number of aromatic nitrogens is 1. The van der Waals surface area contributed by atoms with Crippen LogP contribution in [-0.2, 0) is 6.42 Å². The molecule has 1 aromatic heterocycles. The molecule has 147 valence electrons. The number of aryl methyl sites for hydroxylation is 2. The lowest BCUT2D eigenvalue weighted by Gasteiger charge is -2.31. The molecule has 0 amide bonds. The van der Waals surface area contributed by atoms with Crippen molar-refractivity contribution in [3.05, 3.63) is 52.8 Å². The summed E-state index contributed by atoms with van der Waals surface area (Å²) >= 11 is 0. The van der Waals surface area contributed by atoms with Gasteiger partial charge in [-0.25, -0.2) is 0 Å². The molecule has 2 aliphatic rings. The van der Waals surface area contributed by atoms with E-state index in [1.165, 1.54) is 16.8 Å². The van der Waals surface area contributed by atoms with Gasteiger partial charge in [-0.3, -0.25) is 9.88 Å². The lowest BCUT2D eigenvalue weighted by molar-refractivity contribution is 0.253. The van der Waals surface area contributed by atoms with Crippen LogP contribution in [0, 0.1) is 13.8 Å². The number of hydrogen-bond donors (Lipinski definition) is 0. The van der Waals surface area contributed by atoms with Crippen LogP contribution in [0.15, 0.2) is 30.3 Å². The van der Waals surface area contributed by atoms with Gasteiger partial charge < -0.3 is 9.64 Å². The molecule has 3 radical (unpaired) electrons. The predicted octanol–water partition coefficient (Wildman–Crippen LogP) is 3.86. The van der Waals surface area contributed by atoms with Crippen LogP contribution in [0.2, 0.25) is 5.04 Å². The van der Waals surface area contributed by atoms with E-state index in [9.17, 15) is 0 Å².